The lowest BCUT2D eigenvalue weighted by molar-refractivity contribution is -0.144. The van der Waals surface area contributed by atoms with Gasteiger partial charge in [-0.15, -0.1) is 0 Å². The van der Waals surface area contributed by atoms with E-state index in [4.69, 9.17) is 0 Å². The molecular weight excluding hydrogens is 292 g/mol. The third kappa shape index (κ3) is 4.22. The molecule has 3 N–H and O–H groups in total. The maximum Gasteiger partial charge on any atom is 0.312 e. The smallest absolute Gasteiger partial charge is 0.312 e. The molecule has 1 atom stereocenters. The molecule has 1 aromatic carbocycles. The van der Waals surface area contributed by atoms with Crippen LogP contribution in [0.2, 0.25) is 0 Å². The predicted molar refractivity (Wildman–Crippen MR) is 90.2 cm³/mol. The lowest BCUT2D eigenvalue weighted by Crippen LogP contribution is -2.34. The van der Waals surface area contributed by atoms with Crippen molar-refractivity contribution in [3.8, 4) is 0 Å². The number of nitrogens with one attached hydrogen (secondary N) is 2. The Balaban J connectivity index is 2.24. The molecule has 5 nitrogen and oxygen atoms in total. The molecular formula is C18H22N2O3. The lowest BCUT2D eigenvalue weighted by atomic mass is 9.92. The molecule has 0 saturated carbocycles. The summed E-state index contributed by atoms with van der Waals surface area (Å²) in [6.45, 7) is 4.71. The Morgan fingerprint density at radius 3 is 2.70 bits per heavy atom. The van der Waals surface area contributed by atoms with Crippen molar-refractivity contribution in [3.05, 3.63) is 48.2 Å². The normalized spacial score (nSPS) is 13.3. The number of aromatic nitrogens is 1. The molecule has 1 aromatic heterocycles. The van der Waals surface area contributed by atoms with E-state index in [0.29, 0.717) is 6.42 Å². The molecule has 1 heterocycles. The van der Waals surface area contributed by atoms with E-state index in [-0.39, 0.29) is 11.9 Å². The maximum absolute atomic E-state index is 11.4. The lowest BCUT2D eigenvalue weighted by Gasteiger charge is -2.17. The van der Waals surface area contributed by atoms with Crippen LogP contribution in [0.3, 0.4) is 0 Å². The molecule has 122 valence electrons. The van der Waals surface area contributed by atoms with Crippen LogP contribution in [0.1, 0.15) is 26.3 Å². The fraction of sp³-hybridized carbons (Fsp3) is 0.333. The van der Waals surface area contributed by atoms with E-state index >= 15 is 0 Å². The van der Waals surface area contributed by atoms with Gasteiger partial charge in [-0.2, -0.15) is 0 Å². The van der Waals surface area contributed by atoms with Crippen molar-refractivity contribution < 1.29 is 14.7 Å². The van der Waals surface area contributed by atoms with Crippen molar-refractivity contribution in [3.63, 3.8) is 0 Å². The number of carbonyl (C=O) groups is 2. The van der Waals surface area contributed by atoms with Crippen molar-refractivity contribution in [2.45, 2.75) is 33.2 Å². The summed E-state index contributed by atoms with van der Waals surface area (Å²) >= 11 is 0. The van der Waals surface area contributed by atoms with Crippen LogP contribution in [0.5, 0.6) is 0 Å². The highest BCUT2D eigenvalue weighted by molar-refractivity contribution is 5.83. The number of carbonyl (C=O) groups excluding carboxylic acids is 1. The van der Waals surface area contributed by atoms with Crippen LogP contribution in [-0.2, 0) is 16.0 Å². The molecule has 1 amide bonds. The van der Waals surface area contributed by atoms with Crippen LogP contribution in [0.15, 0.2) is 42.6 Å². The fourth-order valence-corrected chi connectivity index (χ4v) is 2.39. The molecule has 5 heteroatoms. The third-order valence-corrected chi connectivity index (χ3v) is 3.80. The van der Waals surface area contributed by atoms with E-state index in [2.05, 4.69) is 10.3 Å². The Hall–Kier alpha value is -2.56. The first-order valence-corrected chi connectivity index (χ1v) is 7.54. The molecule has 0 saturated heterocycles. The number of fused-ring (bicyclic) bond motifs is 1. The highest BCUT2D eigenvalue weighted by Crippen LogP contribution is 2.21. The summed E-state index contributed by atoms with van der Waals surface area (Å²) in [6.07, 6.45) is 5.91. The Morgan fingerprint density at radius 1 is 1.35 bits per heavy atom. The van der Waals surface area contributed by atoms with Gasteiger partial charge >= 0.3 is 5.97 Å². The molecule has 0 unspecified atom stereocenters. The van der Waals surface area contributed by atoms with Crippen molar-refractivity contribution in [1.82, 2.24) is 10.3 Å². The molecule has 0 aliphatic rings. The van der Waals surface area contributed by atoms with Crippen LogP contribution >= 0.6 is 0 Å². The zero-order chi connectivity index (χ0) is 17.0. The maximum atomic E-state index is 11.4. The summed E-state index contributed by atoms with van der Waals surface area (Å²) in [7, 11) is 0. The summed E-state index contributed by atoms with van der Waals surface area (Å²) in [5.41, 5.74) is 1.15. The average molecular weight is 314 g/mol. The molecule has 0 bridgehead atoms. The number of aliphatic carboxylic acids is 1. The van der Waals surface area contributed by atoms with E-state index in [1.165, 1.54) is 6.92 Å². The number of carboxylic acids is 1. The number of carboxylic acid groups (broad SMARTS) is 1. The minimum absolute atomic E-state index is 0.146. The summed E-state index contributed by atoms with van der Waals surface area (Å²) in [5.74, 6) is -1.05. The van der Waals surface area contributed by atoms with Crippen LogP contribution in [0, 0.1) is 5.41 Å². The summed E-state index contributed by atoms with van der Waals surface area (Å²) in [6, 6.07) is 7.69. The molecule has 0 aliphatic heterocycles. The molecule has 0 radical (unpaired) electrons. The zero-order valence-electron chi connectivity index (χ0n) is 13.6. The minimum atomic E-state index is -0.975. The molecule has 0 aliphatic carbocycles. The monoisotopic (exact) mass is 314 g/mol. The summed E-state index contributed by atoms with van der Waals surface area (Å²) < 4.78 is 0. The van der Waals surface area contributed by atoms with Crippen LogP contribution in [0.4, 0.5) is 0 Å². The van der Waals surface area contributed by atoms with Crippen LogP contribution < -0.4 is 5.32 Å². The van der Waals surface area contributed by atoms with Crippen molar-refractivity contribution in [2.24, 2.45) is 5.41 Å². The highest BCUT2D eigenvalue weighted by Gasteiger charge is 2.24. The third-order valence-electron chi connectivity index (χ3n) is 3.80. The Kier molecular flexibility index (Phi) is 4.89. The van der Waals surface area contributed by atoms with Crippen molar-refractivity contribution in [2.75, 3.05) is 0 Å². The largest absolute Gasteiger partial charge is 0.481 e. The van der Waals surface area contributed by atoms with E-state index in [1.807, 2.05) is 30.5 Å². The van der Waals surface area contributed by atoms with Gasteiger partial charge in [0, 0.05) is 24.0 Å². The van der Waals surface area contributed by atoms with E-state index in [0.717, 1.165) is 16.5 Å². The molecule has 0 fully saturated rings. The molecule has 2 aromatic rings. The van der Waals surface area contributed by atoms with Gasteiger partial charge in [-0.05, 0) is 31.9 Å². The number of benzene rings is 1. The van der Waals surface area contributed by atoms with E-state index in [1.54, 1.807) is 26.0 Å². The van der Waals surface area contributed by atoms with Gasteiger partial charge in [-0.25, -0.2) is 0 Å². The standard InChI is InChI=1S/C18H22N2O3/c1-12(21)20-14(8-9-18(2,3)17(22)23)10-13-11-19-16-7-5-4-6-15(13)16/h4-9,11,14,19H,10H2,1-3H3,(H,20,21)(H,22,23)/b9-8+/t14-/m0/s1. The van der Waals surface area contributed by atoms with E-state index in [9.17, 15) is 14.7 Å². The fourth-order valence-electron chi connectivity index (χ4n) is 2.39. The first kappa shape index (κ1) is 16.8. The summed E-state index contributed by atoms with van der Waals surface area (Å²) in [5, 5.41) is 13.2. The SMILES string of the molecule is CC(=O)N[C@@H](/C=C/C(C)(C)C(=O)O)Cc1c[nH]c2ccccc12. The van der Waals surface area contributed by atoms with Gasteiger partial charge in [-0.3, -0.25) is 9.59 Å². The van der Waals surface area contributed by atoms with Gasteiger partial charge in [0.05, 0.1) is 11.5 Å². The molecule has 23 heavy (non-hydrogen) atoms. The highest BCUT2D eigenvalue weighted by atomic mass is 16.4. The number of aromatic amines is 1. The van der Waals surface area contributed by atoms with Gasteiger partial charge in [0.15, 0.2) is 0 Å². The Labute approximate surface area is 135 Å². The quantitative estimate of drug-likeness (QED) is 0.717. The first-order valence-electron chi connectivity index (χ1n) is 7.54. The second-order valence-electron chi connectivity index (χ2n) is 6.26. The van der Waals surface area contributed by atoms with Crippen molar-refractivity contribution in [1.29, 1.82) is 0 Å². The number of H-pyrrole nitrogens is 1. The topological polar surface area (TPSA) is 82.2 Å². The van der Waals surface area contributed by atoms with Crippen LogP contribution in [-0.4, -0.2) is 28.0 Å². The minimum Gasteiger partial charge on any atom is -0.481 e. The number of hydrogen-bond acceptors (Lipinski definition) is 2. The first-order chi connectivity index (χ1) is 10.8. The zero-order valence-corrected chi connectivity index (χ0v) is 13.6. The Morgan fingerprint density at radius 2 is 2.04 bits per heavy atom. The van der Waals surface area contributed by atoms with E-state index < -0.39 is 11.4 Å². The number of rotatable bonds is 6. The van der Waals surface area contributed by atoms with Crippen LogP contribution in [0.25, 0.3) is 10.9 Å². The van der Waals surface area contributed by atoms with Crippen molar-refractivity contribution >= 4 is 22.8 Å². The number of amides is 1. The second kappa shape index (κ2) is 6.69. The molecule has 0 spiro atoms. The second-order valence-corrected chi connectivity index (χ2v) is 6.26. The van der Waals surface area contributed by atoms with Gasteiger partial charge in [0.25, 0.3) is 0 Å². The van der Waals surface area contributed by atoms with Gasteiger partial charge in [0.2, 0.25) is 5.91 Å². The average Bonchev–Trinajstić information content (AvgIpc) is 2.87. The van der Waals surface area contributed by atoms with Gasteiger partial charge < -0.3 is 15.4 Å². The Bertz CT molecular complexity index is 744. The number of hydrogen-bond donors (Lipinski definition) is 3. The van der Waals surface area contributed by atoms with Gasteiger partial charge in [-0.1, -0.05) is 30.4 Å². The predicted octanol–water partition coefficient (Wildman–Crippen LogP) is 2.88. The summed E-state index contributed by atoms with van der Waals surface area (Å²) in [4.78, 5) is 25.8. The number of para-hydroxylation sites is 1. The molecule has 2 rings (SSSR count). The van der Waals surface area contributed by atoms with Gasteiger partial charge in [0.1, 0.15) is 0 Å².